The van der Waals surface area contributed by atoms with Crippen LogP contribution in [0.3, 0.4) is 0 Å². The van der Waals surface area contributed by atoms with Crippen LogP contribution in [0.5, 0.6) is 0 Å². The zero-order valence-corrected chi connectivity index (χ0v) is 12.7. The van der Waals surface area contributed by atoms with E-state index in [1.165, 1.54) is 11.3 Å². The average Bonchev–Trinajstić information content (AvgIpc) is 3.16. The molecule has 3 aromatic rings. The van der Waals surface area contributed by atoms with E-state index < -0.39 is 5.92 Å². The highest BCUT2D eigenvalue weighted by atomic mass is 32.1. The predicted octanol–water partition coefficient (Wildman–Crippen LogP) is 3.73. The number of hydrogen-bond donors (Lipinski definition) is 0. The zero-order valence-electron chi connectivity index (χ0n) is 11.9. The quantitative estimate of drug-likeness (QED) is 0.736. The molecule has 0 amide bonds. The lowest BCUT2D eigenvalue weighted by molar-refractivity contribution is 0.00483. The van der Waals surface area contributed by atoms with Crippen LogP contribution in [0, 0.1) is 12.8 Å². The summed E-state index contributed by atoms with van der Waals surface area (Å²) >= 11 is 1.53. The Balaban J connectivity index is 1.59. The average molecular weight is 324 g/mol. The number of aryl methyl sites for hydroxylation is 1. The molecule has 0 spiro atoms. The highest BCUT2D eigenvalue weighted by molar-refractivity contribution is 7.15. The third-order valence-corrected chi connectivity index (χ3v) is 4.84. The third-order valence-electron chi connectivity index (χ3n) is 4.09. The second-order valence-corrected chi connectivity index (χ2v) is 6.66. The van der Waals surface area contributed by atoms with Crippen LogP contribution < -0.4 is 0 Å². The Morgan fingerprint density at radius 3 is 3.09 bits per heavy atom. The number of nitrogens with zero attached hydrogens (tertiary/aromatic N) is 4. The van der Waals surface area contributed by atoms with Gasteiger partial charge in [0.15, 0.2) is 4.96 Å². The highest BCUT2D eigenvalue weighted by Gasteiger charge is 2.40. The van der Waals surface area contributed by atoms with Gasteiger partial charge in [-0.2, -0.15) is 4.98 Å². The third kappa shape index (κ3) is 2.31. The predicted molar refractivity (Wildman–Crippen MR) is 77.1 cm³/mol. The van der Waals surface area contributed by atoms with Gasteiger partial charge in [-0.25, -0.2) is 13.8 Å². The van der Waals surface area contributed by atoms with Crippen molar-refractivity contribution >= 4 is 16.3 Å². The molecular weight excluding hydrogens is 310 g/mol. The van der Waals surface area contributed by atoms with Gasteiger partial charge in [-0.15, -0.1) is 11.3 Å². The van der Waals surface area contributed by atoms with Crippen molar-refractivity contribution in [1.29, 1.82) is 0 Å². The van der Waals surface area contributed by atoms with E-state index >= 15 is 0 Å². The molecule has 1 atom stereocenters. The largest absolute Gasteiger partial charge is 0.339 e. The number of aromatic nitrogens is 4. The molecule has 0 saturated heterocycles. The van der Waals surface area contributed by atoms with Gasteiger partial charge in [0.2, 0.25) is 17.6 Å². The first-order valence-electron chi connectivity index (χ1n) is 7.15. The molecule has 3 heterocycles. The van der Waals surface area contributed by atoms with Crippen LogP contribution in [-0.4, -0.2) is 25.4 Å². The van der Waals surface area contributed by atoms with Gasteiger partial charge in [0.05, 0.1) is 5.69 Å². The first-order chi connectivity index (χ1) is 10.5. The van der Waals surface area contributed by atoms with Crippen molar-refractivity contribution in [3.63, 3.8) is 0 Å². The minimum absolute atomic E-state index is 0.0457. The smallest absolute Gasteiger partial charge is 0.248 e. The minimum atomic E-state index is -2.54. The van der Waals surface area contributed by atoms with E-state index in [1.807, 2.05) is 22.9 Å². The maximum Gasteiger partial charge on any atom is 0.248 e. The Bertz CT molecular complexity index is 822. The van der Waals surface area contributed by atoms with Crippen molar-refractivity contribution in [2.24, 2.45) is 5.92 Å². The number of fused-ring (bicyclic) bond motifs is 1. The molecule has 3 aromatic heterocycles. The van der Waals surface area contributed by atoms with Crippen molar-refractivity contribution in [1.82, 2.24) is 19.5 Å². The molecule has 8 heteroatoms. The molecule has 0 radical (unpaired) electrons. The lowest BCUT2D eigenvalue weighted by Crippen LogP contribution is -2.10. The summed E-state index contributed by atoms with van der Waals surface area (Å²) < 4.78 is 33.7. The molecule has 4 rings (SSSR count). The van der Waals surface area contributed by atoms with Gasteiger partial charge < -0.3 is 4.52 Å². The summed E-state index contributed by atoms with van der Waals surface area (Å²) in [5, 5.41) is 5.94. The summed E-state index contributed by atoms with van der Waals surface area (Å²) in [5.41, 5.74) is 1.62. The van der Waals surface area contributed by atoms with Gasteiger partial charge in [-0.3, -0.25) is 4.40 Å². The van der Waals surface area contributed by atoms with Crippen molar-refractivity contribution in [2.75, 3.05) is 0 Å². The monoisotopic (exact) mass is 324 g/mol. The van der Waals surface area contributed by atoms with E-state index in [2.05, 4.69) is 15.1 Å². The highest BCUT2D eigenvalue weighted by Crippen LogP contribution is 2.40. The fourth-order valence-electron chi connectivity index (χ4n) is 3.06. The first-order valence-corrected chi connectivity index (χ1v) is 8.03. The van der Waals surface area contributed by atoms with Crippen LogP contribution in [0.25, 0.3) is 16.5 Å². The van der Waals surface area contributed by atoms with E-state index in [0.717, 1.165) is 16.3 Å². The van der Waals surface area contributed by atoms with Gasteiger partial charge in [0, 0.05) is 30.8 Å². The summed E-state index contributed by atoms with van der Waals surface area (Å²) in [6.07, 6.45) is 2.68. The standard InChI is InChI=1S/C14H14F2N4OS/c1-8-11(20-4-5-22-13(20)17-8)12-18-10(21-19-12)6-9-2-3-14(15,16)7-9/h4-5,9H,2-3,6-7H2,1H3. The van der Waals surface area contributed by atoms with E-state index in [1.54, 1.807) is 0 Å². The molecule has 0 bridgehead atoms. The Labute approximate surface area is 129 Å². The number of alkyl halides is 2. The van der Waals surface area contributed by atoms with Crippen molar-refractivity contribution < 1.29 is 13.3 Å². The topological polar surface area (TPSA) is 56.2 Å². The molecule has 0 aromatic carbocycles. The maximum atomic E-state index is 13.2. The van der Waals surface area contributed by atoms with E-state index in [-0.39, 0.29) is 18.8 Å². The summed E-state index contributed by atoms with van der Waals surface area (Å²) in [6, 6.07) is 0. The lowest BCUT2D eigenvalue weighted by atomic mass is 10.0. The fraction of sp³-hybridized carbons (Fsp3) is 0.500. The molecule has 5 nitrogen and oxygen atoms in total. The number of rotatable bonds is 3. The molecule has 0 N–H and O–H groups in total. The lowest BCUT2D eigenvalue weighted by Gasteiger charge is -2.07. The van der Waals surface area contributed by atoms with Crippen LogP contribution in [0.4, 0.5) is 8.78 Å². The van der Waals surface area contributed by atoms with Crippen molar-refractivity contribution in [2.45, 2.75) is 38.5 Å². The number of halogens is 2. The van der Waals surface area contributed by atoms with E-state index in [4.69, 9.17) is 4.52 Å². The normalized spacial score (nSPS) is 21.0. The van der Waals surface area contributed by atoms with E-state index in [0.29, 0.717) is 24.6 Å². The molecule has 1 saturated carbocycles. The van der Waals surface area contributed by atoms with E-state index in [9.17, 15) is 8.78 Å². The van der Waals surface area contributed by atoms with Crippen LogP contribution in [0.1, 0.15) is 30.8 Å². The number of imidazole rings is 1. The molecule has 0 aliphatic heterocycles. The zero-order chi connectivity index (χ0) is 15.3. The van der Waals surface area contributed by atoms with Crippen molar-refractivity contribution in [3.05, 3.63) is 23.2 Å². The molecule has 1 aliphatic rings. The fourth-order valence-corrected chi connectivity index (χ4v) is 3.82. The van der Waals surface area contributed by atoms with Gasteiger partial charge in [-0.05, 0) is 19.3 Å². The molecule has 116 valence electrons. The van der Waals surface area contributed by atoms with Crippen LogP contribution >= 0.6 is 11.3 Å². The molecular formula is C14H14F2N4OS. The van der Waals surface area contributed by atoms with Crippen molar-refractivity contribution in [3.8, 4) is 11.5 Å². The van der Waals surface area contributed by atoms with Crippen LogP contribution in [0.2, 0.25) is 0 Å². The number of hydrogen-bond acceptors (Lipinski definition) is 5. The summed E-state index contributed by atoms with van der Waals surface area (Å²) in [7, 11) is 0. The summed E-state index contributed by atoms with van der Waals surface area (Å²) in [5.74, 6) is -1.75. The first kappa shape index (κ1) is 13.8. The van der Waals surface area contributed by atoms with Gasteiger partial charge in [-0.1, -0.05) is 5.16 Å². The molecule has 1 unspecified atom stereocenters. The number of thiazole rings is 1. The summed E-state index contributed by atoms with van der Waals surface area (Å²) in [6.45, 7) is 1.89. The Hall–Kier alpha value is -1.83. The van der Waals surface area contributed by atoms with Gasteiger partial charge in [0.25, 0.3) is 0 Å². The minimum Gasteiger partial charge on any atom is -0.339 e. The van der Waals surface area contributed by atoms with Gasteiger partial charge in [0.1, 0.15) is 5.69 Å². The Kier molecular flexibility index (Phi) is 3.04. The van der Waals surface area contributed by atoms with Crippen LogP contribution in [0.15, 0.2) is 16.1 Å². The summed E-state index contributed by atoms with van der Waals surface area (Å²) in [4.78, 5) is 9.69. The van der Waals surface area contributed by atoms with Gasteiger partial charge >= 0.3 is 0 Å². The second-order valence-electron chi connectivity index (χ2n) is 5.78. The molecule has 1 aliphatic carbocycles. The SMILES string of the molecule is Cc1nc2sccn2c1-c1noc(CC2CCC(F)(F)C2)n1. The molecule has 1 fully saturated rings. The Morgan fingerprint density at radius 1 is 1.45 bits per heavy atom. The maximum absolute atomic E-state index is 13.2. The molecule has 22 heavy (non-hydrogen) atoms. The van der Waals surface area contributed by atoms with Crippen LogP contribution in [-0.2, 0) is 6.42 Å². The second kappa shape index (κ2) is 4.84. The Morgan fingerprint density at radius 2 is 2.32 bits per heavy atom.